The van der Waals surface area contributed by atoms with Crippen molar-refractivity contribution in [2.24, 2.45) is 5.92 Å². The second-order valence-electron chi connectivity index (χ2n) is 3.96. The zero-order valence-electron chi connectivity index (χ0n) is 10.9. The normalized spacial score (nSPS) is 8.93. The first-order chi connectivity index (χ1) is 6.54. The van der Waals surface area contributed by atoms with Gasteiger partial charge in [0.2, 0.25) is 0 Å². The molecule has 0 saturated carbocycles. The highest BCUT2D eigenvalue weighted by Gasteiger charge is 1.89. The van der Waals surface area contributed by atoms with Gasteiger partial charge in [0.05, 0.1) is 0 Å². The van der Waals surface area contributed by atoms with Crippen molar-refractivity contribution in [3.05, 3.63) is 24.5 Å². The van der Waals surface area contributed by atoms with Crippen molar-refractivity contribution in [1.29, 1.82) is 0 Å². The molecule has 14 heavy (non-hydrogen) atoms. The van der Waals surface area contributed by atoms with Gasteiger partial charge in [0.25, 0.3) is 0 Å². The summed E-state index contributed by atoms with van der Waals surface area (Å²) in [7, 11) is 0. The van der Waals surface area contributed by atoms with Crippen LogP contribution < -0.4 is 0 Å². The Bertz CT molecular complexity index is 170. The van der Waals surface area contributed by atoms with Crippen LogP contribution in [0.3, 0.4) is 0 Å². The molecule has 0 atom stereocenters. The largest absolute Gasteiger partial charge is 0.352 e. The summed E-state index contributed by atoms with van der Waals surface area (Å²) < 4.78 is 2.17. The molecule has 0 aliphatic carbocycles. The molecule has 0 fully saturated rings. The summed E-state index contributed by atoms with van der Waals surface area (Å²) in [5.74, 6) is 0.833. The molecule has 0 N–H and O–H groups in total. The molecular formula is C13H27N. The van der Waals surface area contributed by atoms with Gasteiger partial charge in [0, 0.05) is 18.4 Å². The molecule has 0 amide bonds. The smallest absolute Gasteiger partial charge is 0.0274 e. The molecule has 0 aliphatic rings. The first-order valence-corrected chi connectivity index (χ1v) is 5.66. The highest BCUT2D eigenvalue weighted by Crippen LogP contribution is 2.01. The van der Waals surface area contributed by atoms with E-state index in [1.54, 1.807) is 0 Å². The van der Waals surface area contributed by atoms with Crippen LogP contribution in [0.4, 0.5) is 0 Å². The molecule has 1 rings (SSSR count). The summed E-state index contributed by atoms with van der Waals surface area (Å²) in [6.07, 6.45) is 4.15. The zero-order valence-corrected chi connectivity index (χ0v) is 10.9. The Morgan fingerprint density at radius 2 is 1.07 bits per heavy atom. The Morgan fingerprint density at radius 1 is 0.786 bits per heavy atom. The van der Waals surface area contributed by atoms with E-state index in [1.165, 1.54) is 0 Å². The van der Waals surface area contributed by atoms with Crippen molar-refractivity contribution >= 4 is 0 Å². The summed E-state index contributed by atoms with van der Waals surface area (Å²) >= 11 is 0. The minimum Gasteiger partial charge on any atom is -0.352 e. The van der Waals surface area contributed by atoms with Crippen molar-refractivity contribution in [2.45, 2.75) is 54.5 Å². The minimum absolute atomic E-state index is 0.602. The maximum absolute atomic E-state index is 2.17. The van der Waals surface area contributed by atoms with Crippen LogP contribution in [-0.4, -0.2) is 4.57 Å². The van der Waals surface area contributed by atoms with E-state index in [1.807, 2.05) is 26.0 Å². The van der Waals surface area contributed by atoms with Crippen LogP contribution in [0, 0.1) is 5.92 Å². The van der Waals surface area contributed by atoms with Gasteiger partial charge in [-0.2, -0.15) is 0 Å². The third-order valence-corrected chi connectivity index (χ3v) is 1.22. The van der Waals surface area contributed by atoms with Crippen molar-refractivity contribution in [3.8, 4) is 0 Å². The summed E-state index contributed by atoms with van der Waals surface area (Å²) in [6.45, 7) is 14.8. The fourth-order valence-corrected chi connectivity index (χ4v) is 0.692. The van der Waals surface area contributed by atoms with Crippen molar-refractivity contribution in [1.82, 2.24) is 4.57 Å². The predicted octanol–water partition coefficient (Wildman–Crippen LogP) is 4.76. The van der Waals surface area contributed by atoms with Crippen LogP contribution in [-0.2, 0) is 0 Å². The number of rotatable bonds is 1. The maximum atomic E-state index is 2.17. The van der Waals surface area contributed by atoms with E-state index in [0.717, 1.165) is 5.92 Å². The second kappa shape index (κ2) is 10.4. The Hall–Kier alpha value is -0.720. The lowest BCUT2D eigenvalue weighted by atomic mass is 10.3. The topological polar surface area (TPSA) is 4.93 Å². The average Bonchev–Trinajstić information content (AvgIpc) is 2.58. The van der Waals surface area contributed by atoms with Crippen LogP contribution in [0.2, 0.25) is 0 Å². The average molecular weight is 197 g/mol. The van der Waals surface area contributed by atoms with E-state index in [0.29, 0.717) is 6.04 Å². The molecule has 0 unspecified atom stereocenters. The molecule has 1 heterocycles. The van der Waals surface area contributed by atoms with Gasteiger partial charge < -0.3 is 4.57 Å². The van der Waals surface area contributed by atoms with Gasteiger partial charge in [-0.1, -0.05) is 34.6 Å². The quantitative estimate of drug-likeness (QED) is 0.612. The maximum Gasteiger partial charge on any atom is 0.0274 e. The Balaban J connectivity index is 0. The van der Waals surface area contributed by atoms with Gasteiger partial charge in [-0.3, -0.25) is 0 Å². The number of hydrogen-bond acceptors (Lipinski definition) is 0. The molecule has 0 radical (unpaired) electrons. The van der Waals surface area contributed by atoms with E-state index in [9.17, 15) is 0 Å². The number of hydrogen-bond donors (Lipinski definition) is 0. The molecule has 0 bridgehead atoms. The Labute approximate surface area is 90.1 Å². The molecule has 0 aliphatic heterocycles. The Kier molecular flexibility index (Phi) is 11.6. The molecule has 0 spiro atoms. The number of nitrogens with zero attached hydrogens (tertiary/aromatic N) is 1. The number of aromatic nitrogens is 1. The molecule has 84 valence electrons. The van der Waals surface area contributed by atoms with Crippen LogP contribution in [0.15, 0.2) is 24.5 Å². The van der Waals surface area contributed by atoms with Gasteiger partial charge in [-0.25, -0.2) is 0 Å². The van der Waals surface area contributed by atoms with Crippen LogP contribution >= 0.6 is 0 Å². The zero-order chi connectivity index (χ0) is 11.6. The summed E-state index contributed by atoms with van der Waals surface area (Å²) in [6, 6.07) is 4.69. The van der Waals surface area contributed by atoms with Crippen LogP contribution in [0.5, 0.6) is 0 Å². The monoisotopic (exact) mass is 197 g/mol. The molecule has 0 aromatic carbocycles. The highest BCUT2D eigenvalue weighted by molar-refractivity contribution is 4.91. The minimum atomic E-state index is 0.602. The van der Waals surface area contributed by atoms with E-state index >= 15 is 0 Å². The lowest BCUT2D eigenvalue weighted by Crippen LogP contribution is -1.94. The third-order valence-electron chi connectivity index (χ3n) is 1.22. The summed E-state index contributed by atoms with van der Waals surface area (Å²) in [5.41, 5.74) is 0. The summed E-state index contributed by atoms with van der Waals surface area (Å²) in [5, 5.41) is 0. The summed E-state index contributed by atoms with van der Waals surface area (Å²) in [4.78, 5) is 0. The van der Waals surface area contributed by atoms with Crippen LogP contribution in [0.1, 0.15) is 54.5 Å². The molecule has 1 heteroatoms. The molecule has 1 aromatic rings. The van der Waals surface area contributed by atoms with Crippen molar-refractivity contribution in [2.75, 3.05) is 0 Å². The second-order valence-corrected chi connectivity index (χ2v) is 3.96. The molecule has 0 saturated heterocycles. The molecule has 1 aromatic heterocycles. The van der Waals surface area contributed by atoms with Gasteiger partial charge in [-0.05, 0) is 31.9 Å². The molecular weight excluding hydrogens is 170 g/mol. The SMILES string of the molecule is CC.CC(C)C.CC(C)n1cccc1. The predicted molar refractivity (Wildman–Crippen MR) is 66.7 cm³/mol. The van der Waals surface area contributed by atoms with Gasteiger partial charge >= 0.3 is 0 Å². The lowest BCUT2D eigenvalue weighted by molar-refractivity contribution is 0.604. The van der Waals surface area contributed by atoms with Gasteiger partial charge in [0.1, 0.15) is 0 Å². The fourth-order valence-electron chi connectivity index (χ4n) is 0.692. The Morgan fingerprint density at radius 3 is 1.21 bits per heavy atom. The van der Waals surface area contributed by atoms with E-state index in [-0.39, 0.29) is 0 Å². The standard InChI is InChI=1S/C7H11N.C4H10.C2H6/c1-7(2)8-5-3-4-6-8;1-4(2)3;1-2/h3-7H,1-2H3;4H,1-3H3;1-2H3. The van der Waals surface area contributed by atoms with E-state index < -0.39 is 0 Å². The molecule has 1 nitrogen and oxygen atoms in total. The lowest BCUT2D eigenvalue weighted by Gasteiger charge is -2.03. The van der Waals surface area contributed by atoms with Crippen molar-refractivity contribution in [3.63, 3.8) is 0 Å². The highest BCUT2D eigenvalue weighted by atomic mass is 15.0. The van der Waals surface area contributed by atoms with Gasteiger partial charge in [0.15, 0.2) is 0 Å². The van der Waals surface area contributed by atoms with Crippen molar-refractivity contribution < 1.29 is 0 Å². The van der Waals surface area contributed by atoms with Crippen LogP contribution in [0.25, 0.3) is 0 Å². The van der Waals surface area contributed by atoms with E-state index in [4.69, 9.17) is 0 Å². The third kappa shape index (κ3) is 11.3. The fraction of sp³-hybridized carbons (Fsp3) is 0.692. The van der Waals surface area contributed by atoms with E-state index in [2.05, 4.69) is 51.6 Å². The first-order valence-electron chi connectivity index (χ1n) is 5.66. The van der Waals surface area contributed by atoms with Gasteiger partial charge in [-0.15, -0.1) is 0 Å². The first kappa shape index (κ1) is 15.7.